The molecule has 0 bridgehead atoms. The number of hydrogen-bond acceptors (Lipinski definition) is 4. The number of hydrogen-bond donors (Lipinski definition) is 1. The van der Waals surface area contributed by atoms with Crippen molar-refractivity contribution >= 4 is 35.3 Å². The van der Waals surface area contributed by atoms with Crippen molar-refractivity contribution in [3.8, 4) is 0 Å². The Morgan fingerprint density at radius 2 is 1.64 bits per heavy atom. The highest BCUT2D eigenvalue weighted by Gasteiger charge is 2.29. The molecule has 0 aliphatic carbocycles. The van der Waals surface area contributed by atoms with Crippen molar-refractivity contribution in [2.24, 2.45) is 0 Å². The van der Waals surface area contributed by atoms with Crippen molar-refractivity contribution in [3.63, 3.8) is 0 Å². The maximum absolute atomic E-state index is 10.3. The highest BCUT2D eigenvalue weighted by molar-refractivity contribution is 8.16. The summed E-state index contributed by atoms with van der Waals surface area (Å²) in [5, 5.41) is 10.3. The minimum atomic E-state index is -0.820. The van der Waals surface area contributed by atoms with Crippen LogP contribution >= 0.6 is 35.3 Å². The molecule has 0 aliphatic rings. The lowest BCUT2D eigenvalue weighted by Crippen LogP contribution is -2.16. The van der Waals surface area contributed by atoms with Gasteiger partial charge in [-0.25, -0.2) is 0 Å². The summed E-state index contributed by atoms with van der Waals surface area (Å²) in [7, 11) is 0. The van der Waals surface area contributed by atoms with Crippen LogP contribution in [0.1, 0.15) is 5.56 Å². The highest BCUT2D eigenvalue weighted by atomic mass is 32.2. The first-order valence-corrected chi connectivity index (χ1v) is 7.81. The molecule has 0 atom stereocenters. The molecule has 1 aromatic carbocycles. The van der Waals surface area contributed by atoms with E-state index in [9.17, 15) is 5.11 Å². The van der Waals surface area contributed by atoms with Crippen molar-refractivity contribution in [1.82, 2.24) is 0 Å². The second-order valence-corrected chi connectivity index (χ2v) is 5.80. The van der Waals surface area contributed by atoms with E-state index in [2.05, 4.69) is 0 Å². The van der Waals surface area contributed by atoms with Gasteiger partial charge in [-0.05, 0) is 24.8 Å². The summed E-state index contributed by atoms with van der Waals surface area (Å²) in [6.45, 7) is 0. The molecule has 0 saturated heterocycles. The van der Waals surface area contributed by atoms with Gasteiger partial charge in [-0.1, -0.05) is 18.2 Å². The maximum atomic E-state index is 10.3. The Morgan fingerprint density at radius 3 is 2.14 bits per heavy atom. The van der Waals surface area contributed by atoms with Gasteiger partial charge >= 0.3 is 0 Å². The van der Waals surface area contributed by atoms with E-state index in [4.69, 9.17) is 0 Å². The maximum Gasteiger partial charge on any atom is 0.184 e. The lowest BCUT2D eigenvalue weighted by atomic mass is 10.2. The lowest BCUT2D eigenvalue weighted by Gasteiger charge is -2.25. The average Bonchev–Trinajstić information content (AvgIpc) is 2.28. The third-order valence-electron chi connectivity index (χ3n) is 2.00. The molecule has 1 rings (SSSR count). The van der Waals surface area contributed by atoms with Crippen LogP contribution in [0.2, 0.25) is 0 Å². The zero-order valence-corrected chi connectivity index (χ0v) is 10.9. The number of aliphatic hydroxyl groups is 1. The molecule has 0 aliphatic heterocycles. The van der Waals surface area contributed by atoms with Gasteiger partial charge in [0, 0.05) is 10.5 Å². The van der Waals surface area contributed by atoms with Crippen LogP contribution < -0.4 is 0 Å². The Labute approximate surface area is 98.1 Å². The quantitative estimate of drug-likeness (QED) is 0.650. The third kappa shape index (κ3) is 2.42. The first kappa shape index (κ1) is 12.3. The Balaban J connectivity index is 3.15. The predicted molar refractivity (Wildman–Crippen MR) is 69.1 cm³/mol. The van der Waals surface area contributed by atoms with Crippen LogP contribution in [0.4, 0.5) is 0 Å². The predicted octanol–water partition coefficient (Wildman–Crippen LogP) is 3.24. The molecule has 0 radical (unpaired) electrons. The fraction of sp³-hybridized carbons (Fsp3) is 0.400. The van der Waals surface area contributed by atoms with E-state index in [-0.39, 0.29) is 0 Å². The van der Waals surface area contributed by atoms with Gasteiger partial charge in [0.2, 0.25) is 0 Å². The van der Waals surface area contributed by atoms with Crippen LogP contribution in [0.5, 0.6) is 0 Å². The molecule has 0 unspecified atom stereocenters. The number of thioether (sulfide) groups is 3. The van der Waals surface area contributed by atoms with E-state index in [0.29, 0.717) is 0 Å². The minimum absolute atomic E-state index is 0.820. The molecule has 1 nitrogen and oxygen atoms in total. The Morgan fingerprint density at radius 1 is 1.07 bits per heavy atom. The molecule has 4 heteroatoms. The van der Waals surface area contributed by atoms with Crippen molar-refractivity contribution in [2.75, 3.05) is 18.8 Å². The summed E-state index contributed by atoms with van der Waals surface area (Å²) in [4.78, 5) is 1.14. The number of rotatable bonds is 4. The molecule has 0 aromatic heterocycles. The first-order valence-electron chi connectivity index (χ1n) is 4.14. The molecular weight excluding hydrogens is 232 g/mol. The molecule has 14 heavy (non-hydrogen) atoms. The minimum Gasteiger partial charge on any atom is -0.366 e. The molecule has 0 saturated carbocycles. The van der Waals surface area contributed by atoms with Crippen molar-refractivity contribution < 1.29 is 5.11 Å². The fourth-order valence-electron chi connectivity index (χ4n) is 1.21. The van der Waals surface area contributed by atoms with Crippen LogP contribution in [0.25, 0.3) is 0 Å². The van der Waals surface area contributed by atoms with Gasteiger partial charge < -0.3 is 5.11 Å². The second kappa shape index (κ2) is 5.35. The van der Waals surface area contributed by atoms with Gasteiger partial charge in [-0.2, -0.15) is 0 Å². The van der Waals surface area contributed by atoms with E-state index < -0.39 is 4.27 Å². The van der Waals surface area contributed by atoms with Gasteiger partial charge in [0.25, 0.3) is 0 Å². The molecule has 0 amide bonds. The molecule has 0 heterocycles. The molecule has 1 N–H and O–H groups in total. The van der Waals surface area contributed by atoms with Crippen LogP contribution in [0.3, 0.4) is 0 Å². The third-order valence-corrected chi connectivity index (χ3v) is 5.34. The Kier molecular flexibility index (Phi) is 4.70. The summed E-state index contributed by atoms with van der Waals surface area (Å²) >= 11 is 4.59. The van der Waals surface area contributed by atoms with Gasteiger partial charge in [0.1, 0.15) is 0 Å². The van der Waals surface area contributed by atoms with Gasteiger partial charge in [-0.15, -0.1) is 35.3 Å². The zero-order chi connectivity index (χ0) is 10.6. The first-order chi connectivity index (χ1) is 6.68. The standard InChI is InChI=1S/C10H14OS3/c1-12-9-7-5-4-6-8(9)10(11,13-2)14-3/h4-7,11H,1-3H3. The second-order valence-electron chi connectivity index (χ2n) is 2.69. The smallest absolute Gasteiger partial charge is 0.184 e. The van der Waals surface area contributed by atoms with Crippen LogP contribution in [-0.4, -0.2) is 23.9 Å². The molecule has 1 aromatic rings. The fourth-order valence-corrected chi connectivity index (χ4v) is 3.45. The van der Waals surface area contributed by atoms with Crippen LogP contribution in [-0.2, 0) is 4.27 Å². The van der Waals surface area contributed by atoms with E-state index in [1.807, 2.05) is 43.0 Å². The van der Waals surface area contributed by atoms with Crippen molar-refractivity contribution in [2.45, 2.75) is 9.16 Å². The summed E-state index contributed by atoms with van der Waals surface area (Å²) in [5.74, 6) is 0. The van der Waals surface area contributed by atoms with E-state index >= 15 is 0 Å². The largest absolute Gasteiger partial charge is 0.366 e. The van der Waals surface area contributed by atoms with E-state index in [1.165, 1.54) is 23.5 Å². The SMILES string of the molecule is CSc1ccccc1C(O)(SC)SC. The van der Waals surface area contributed by atoms with Gasteiger partial charge in [0.15, 0.2) is 4.27 Å². The lowest BCUT2D eigenvalue weighted by molar-refractivity contribution is 0.232. The van der Waals surface area contributed by atoms with Gasteiger partial charge in [-0.3, -0.25) is 0 Å². The Bertz CT molecular complexity index is 297. The Hall–Kier alpha value is 0.230. The monoisotopic (exact) mass is 246 g/mol. The summed E-state index contributed by atoms with van der Waals surface area (Å²) < 4.78 is -0.820. The van der Waals surface area contributed by atoms with E-state index in [0.717, 1.165) is 10.5 Å². The van der Waals surface area contributed by atoms with Crippen molar-refractivity contribution in [3.05, 3.63) is 29.8 Å². The topological polar surface area (TPSA) is 20.2 Å². The highest BCUT2D eigenvalue weighted by Crippen LogP contribution is 2.44. The summed E-state index contributed by atoms with van der Waals surface area (Å²) in [6.07, 6.45) is 5.88. The summed E-state index contributed by atoms with van der Waals surface area (Å²) in [5.41, 5.74) is 0.993. The zero-order valence-electron chi connectivity index (χ0n) is 8.48. The molecular formula is C10H14OS3. The number of benzene rings is 1. The summed E-state index contributed by atoms with van der Waals surface area (Å²) in [6, 6.07) is 7.99. The van der Waals surface area contributed by atoms with Crippen LogP contribution in [0.15, 0.2) is 29.2 Å². The molecule has 0 spiro atoms. The van der Waals surface area contributed by atoms with Gasteiger partial charge in [0.05, 0.1) is 0 Å². The van der Waals surface area contributed by atoms with Crippen molar-refractivity contribution in [1.29, 1.82) is 0 Å². The van der Waals surface area contributed by atoms with E-state index in [1.54, 1.807) is 11.8 Å². The average molecular weight is 246 g/mol. The molecule has 0 fully saturated rings. The normalized spacial score (nSPS) is 11.7. The van der Waals surface area contributed by atoms with Crippen LogP contribution in [0, 0.1) is 0 Å². The molecule has 78 valence electrons.